The van der Waals surface area contributed by atoms with Crippen LogP contribution in [0.25, 0.3) is 16.8 Å². The summed E-state index contributed by atoms with van der Waals surface area (Å²) in [6, 6.07) is 23.2. The molecule has 0 radical (unpaired) electrons. The Morgan fingerprint density at radius 3 is 2.46 bits per heavy atom. The molecule has 1 aliphatic heterocycles. The van der Waals surface area contributed by atoms with Gasteiger partial charge in [-0.25, -0.2) is 4.52 Å². The van der Waals surface area contributed by atoms with Crippen molar-refractivity contribution in [3.05, 3.63) is 78.0 Å². The molecule has 188 valence electrons. The fourth-order valence-electron chi connectivity index (χ4n) is 4.90. The number of rotatable bonds is 8. The molecule has 8 heteroatoms. The van der Waals surface area contributed by atoms with Crippen LogP contribution < -0.4 is 10.6 Å². The minimum Gasteiger partial charge on any atom is -0.374 e. The van der Waals surface area contributed by atoms with Crippen LogP contribution in [-0.4, -0.2) is 43.7 Å². The zero-order valence-electron chi connectivity index (χ0n) is 20.7. The number of hydrogen-bond acceptors (Lipinski definition) is 7. The van der Waals surface area contributed by atoms with Gasteiger partial charge < -0.3 is 10.4 Å². The Balaban J connectivity index is 1.14. The number of piperidine rings is 1. The van der Waals surface area contributed by atoms with Gasteiger partial charge in [-0.2, -0.15) is 10.2 Å². The summed E-state index contributed by atoms with van der Waals surface area (Å²) in [6.07, 6.45) is 5.45. The molecule has 1 unspecified atom stereocenters. The topological polar surface area (TPSA) is 102 Å². The van der Waals surface area contributed by atoms with E-state index in [-0.39, 0.29) is 5.92 Å². The Morgan fingerprint density at radius 2 is 1.76 bits per heavy atom. The summed E-state index contributed by atoms with van der Waals surface area (Å²) in [6.45, 7) is 2.87. The number of aliphatic hydroxyl groups excluding tert-OH is 1. The van der Waals surface area contributed by atoms with Crippen molar-refractivity contribution in [1.82, 2.24) is 24.8 Å². The van der Waals surface area contributed by atoms with Gasteiger partial charge in [0.1, 0.15) is 6.23 Å². The zero-order chi connectivity index (χ0) is 25.2. The molecule has 1 atom stereocenters. The van der Waals surface area contributed by atoms with Gasteiger partial charge in [0.25, 0.3) is 0 Å². The maximum atomic E-state index is 10.3. The predicted octanol–water partition coefficient (Wildman–Crippen LogP) is 4.62. The number of hydrogen-bond donors (Lipinski definition) is 3. The maximum Gasteiger partial charge on any atom is 0.247 e. The van der Waals surface area contributed by atoms with Crippen molar-refractivity contribution >= 4 is 17.3 Å². The fourth-order valence-corrected chi connectivity index (χ4v) is 4.90. The van der Waals surface area contributed by atoms with Crippen molar-refractivity contribution in [2.24, 2.45) is 5.92 Å². The third-order valence-electron chi connectivity index (χ3n) is 7.26. The molecule has 0 spiro atoms. The quantitative estimate of drug-likeness (QED) is 0.308. The third-order valence-corrected chi connectivity index (χ3v) is 7.26. The van der Waals surface area contributed by atoms with Crippen LogP contribution in [-0.2, 0) is 6.54 Å². The smallest absolute Gasteiger partial charge is 0.247 e. The number of aromatic nitrogens is 3. The standard InChI is InChI=1S/C29H31N7O/c30-18-20-13-16-35(17-14-20)19-21-3-5-22(6-4-21)26-2-1-15-36-27(26)33-29(34-36)32-25-9-7-23(8-10-25)28(37)31-24-11-12-24/h1-10,15,20,24,28,31,37H,11-14,16-17,19H2,(H,32,34). The van der Waals surface area contributed by atoms with Gasteiger partial charge in [-0.3, -0.25) is 10.2 Å². The second kappa shape index (κ2) is 10.3. The van der Waals surface area contributed by atoms with Gasteiger partial charge in [-0.05, 0) is 79.7 Å². The van der Waals surface area contributed by atoms with Gasteiger partial charge in [0.2, 0.25) is 5.95 Å². The number of aliphatic hydroxyl groups is 1. The largest absolute Gasteiger partial charge is 0.374 e. The zero-order valence-corrected chi connectivity index (χ0v) is 20.7. The van der Waals surface area contributed by atoms with E-state index in [0.29, 0.717) is 12.0 Å². The minimum absolute atomic E-state index is 0.211. The molecule has 4 aromatic rings. The monoisotopic (exact) mass is 493 g/mol. The highest BCUT2D eigenvalue weighted by Crippen LogP contribution is 2.27. The van der Waals surface area contributed by atoms with Gasteiger partial charge in [0.05, 0.1) is 6.07 Å². The Kier molecular flexibility index (Phi) is 6.58. The predicted molar refractivity (Wildman–Crippen MR) is 143 cm³/mol. The third kappa shape index (κ3) is 5.49. The number of anilines is 2. The summed E-state index contributed by atoms with van der Waals surface area (Å²) in [4.78, 5) is 7.19. The lowest BCUT2D eigenvalue weighted by molar-refractivity contribution is 0.137. The first kappa shape index (κ1) is 23.6. The minimum atomic E-state index is -0.639. The molecule has 0 bridgehead atoms. The Morgan fingerprint density at radius 1 is 1.00 bits per heavy atom. The van der Waals surface area contributed by atoms with Crippen molar-refractivity contribution in [3.63, 3.8) is 0 Å². The van der Waals surface area contributed by atoms with Gasteiger partial charge in [-0.15, -0.1) is 5.10 Å². The SMILES string of the molecule is N#CC1CCN(Cc2ccc(-c3cccn4nc(Nc5ccc(C(O)NC6CC6)cc5)nc34)cc2)CC1. The molecule has 2 fully saturated rings. The summed E-state index contributed by atoms with van der Waals surface area (Å²) in [5.74, 6) is 0.734. The van der Waals surface area contributed by atoms with E-state index >= 15 is 0 Å². The van der Waals surface area contributed by atoms with E-state index in [0.717, 1.165) is 73.3 Å². The number of likely N-dealkylation sites (tertiary alicyclic amines) is 1. The molecule has 2 aromatic heterocycles. The van der Waals surface area contributed by atoms with Crippen LogP contribution in [0.5, 0.6) is 0 Å². The highest BCUT2D eigenvalue weighted by atomic mass is 16.3. The van der Waals surface area contributed by atoms with E-state index in [2.05, 4.69) is 57.0 Å². The van der Waals surface area contributed by atoms with Crippen molar-refractivity contribution < 1.29 is 5.11 Å². The van der Waals surface area contributed by atoms with Crippen LogP contribution in [0.4, 0.5) is 11.6 Å². The van der Waals surface area contributed by atoms with Crippen molar-refractivity contribution in [1.29, 1.82) is 5.26 Å². The van der Waals surface area contributed by atoms with Gasteiger partial charge >= 0.3 is 0 Å². The molecule has 2 aliphatic rings. The summed E-state index contributed by atoms with van der Waals surface area (Å²) in [5, 5.41) is 30.5. The molecule has 8 nitrogen and oxygen atoms in total. The Labute approximate surface area is 216 Å². The summed E-state index contributed by atoms with van der Waals surface area (Å²) in [5.41, 5.74) is 5.89. The number of pyridine rings is 1. The molecule has 2 aromatic carbocycles. The first-order chi connectivity index (χ1) is 18.1. The van der Waals surface area contributed by atoms with Gasteiger partial charge in [0, 0.05) is 36.0 Å². The van der Waals surface area contributed by atoms with Crippen LogP contribution >= 0.6 is 0 Å². The van der Waals surface area contributed by atoms with E-state index in [1.54, 1.807) is 4.52 Å². The van der Waals surface area contributed by atoms with Crippen molar-refractivity contribution in [2.45, 2.75) is 44.5 Å². The lowest BCUT2D eigenvalue weighted by Crippen LogP contribution is -2.32. The molecule has 3 heterocycles. The average Bonchev–Trinajstić information content (AvgIpc) is 3.65. The highest BCUT2D eigenvalue weighted by molar-refractivity contribution is 5.78. The van der Waals surface area contributed by atoms with Crippen LogP contribution in [0, 0.1) is 17.2 Å². The maximum absolute atomic E-state index is 10.3. The summed E-state index contributed by atoms with van der Waals surface area (Å²) < 4.78 is 1.79. The highest BCUT2D eigenvalue weighted by Gasteiger charge is 2.24. The lowest BCUT2D eigenvalue weighted by atomic mass is 9.98. The molecular weight excluding hydrogens is 462 g/mol. The second-order valence-electron chi connectivity index (χ2n) is 10.1. The molecular formula is C29H31N7O. The number of benzene rings is 2. The Bertz CT molecular complexity index is 1400. The molecule has 1 saturated heterocycles. The second-order valence-corrected chi connectivity index (χ2v) is 10.1. The Hall–Kier alpha value is -3.77. The normalized spacial score (nSPS) is 17.5. The van der Waals surface area contributed by atoms with E-state index in [9.17, 15) is 5.11 Å². The first-order valence-corrected chi connectivity index (χ1v) is 13.0. The number of nitrogens with zero attached hydrogens (tertiary/aromatic N) is 5. The molecule has 1 aliphatic carbocycles. The average molecular weight is 494 g/mol. The first-order valence-electron chi connectivity index (χ1n) is 13.0. The van der Waals surface area contributed by atoms with Crippen LogP contribution in [0.15, 0.2) is 66.9 Å². The van der Waals surface area contributed by atoms with Crippen LogP contribution in [0.1, 0.15) is 43.0 Å². The lowest BCUT2D eigenvalue weighted by Gasteiger charge is -2.29. The van der Waals surface area contributed by atoms with E-state index in [4.69, 9.17) is 10.2 Å². The summed E-state index contributed by atoms with van der Waals surface area (Å²) >= 11 is 0. The molecule has 0 amide bonds. The number of nitrogens with one attached hydrogen (secondary N) is 2. The van der Waals surface area contributed by atoms with Crippen LogP contribution in [0.2, 0.25) is 0 Å². The van der Waals surface area contributed by atoms with E-state index in [1.165, 1.54) is 5.56 Å². The van der Waals surface area contributed by atoms with Gasteiger partial charge in [0.15, 0.2) is 5.65 Å². The van der Waals surface area contributed by atoms with E-state index in [1.807, 2.05) is 36.5 Å². The van der Waals surface area contributed by atoms with Gasteiger partial charge in [-0.1, -0.05) is 36.4 Å². The molecule has 6 rings (SSSR count). The number of fused-ring (bicyclic) bond motifs is 1. The molecule has 37 heavy (non-hydrogen) atoms. The van der Waals surface area contributed by atoms with Crippen molar-refractivity contribution in [3.8, 4) is 17.2 Å². The summed E-state index contributed by atoms with van der Waals surface area (Å²) in [7, 11) is 0. The van der Waals surface area contributed by atoms with Crippen molar-refractivity contribution in [2.75, 3.05) is 18.4 Å². The fraction of sp³-hybridized carbons (Fsp3) is 0.345. The molecule has 1 saturated carbocycles. The van der Waals surface area contributed by atoms with E-state index < -0.39 is 6.23 Å². The molecule has 3 N–H and O–H groups in total. The van der Waals surface area contributed by atoms with Crippen LogP contribution in [0.3, 0.4) is 0 Å². The number of nitriles is 1.